The number of barbiturate groups is 1. The maximum Gasteiger partial charge on any atom is 0.335 e. The molecule has 0 saturated carbocycles. The predicted molar refractivity (Wildman–Crippen MR) is 118 cm³/mol. The summed E-state index contributed by atoms with van der Waals surface area (Å²) >= 11 is 5.81. The summed E-state index contributed by atoms with van der Waals surface area (Å²) in [5.41, 5.74) is 4.26. The number of amides is 4. The van der Waals surface area contributed by atoms with Crippen LogP contribution in [0.4, 0.5) is 16.2 Å². The van der Waals surface area contributed by atoms with E-state index in [9.17, 15) is 14.4 Å². The van der Waals surface area contributed by atoms with E-state index in [1.54, 1.807) is 18.2 Å². The van der Waals surface area contributed by atoms with Crippen molar-refractivity contribution in [2.75, 3.05) is 28.8 Å². The first-order valence-corrected chi connectivity index (χ1v) is 10.4. The highest BCUT2D eigenvalue weighted by molar-refractivity contribution is 6.39. The normalized spacial score (nSPS) is 17.5. The van der Waals surface area contributed by atoms with Gasteiger partial charge in [0, 0.05) is 24.7 Å². The minimum absolute atomic E-state index is 0.0604. The Hall–Kier alpha value is -3.12. The minimum Gasteiger partial charge on any atom is -0.371 e. The number of carbonyl (C=O) groups is 3. The largest absolute Gasteiger partial charge is 0.371 e. The number of hydrogen-bond donors (Lipinski definition) is 1. The molecule has 2 aliphatic rings. The summed E-state index contributed by atoms with van der Waals surface area (Å²) < 4.78 is 0. The van der Waals surface area contributed by atoms with Gasteiger partial charge in [0.15, 0.2) is 0 Å². The molecule has 30 heavy (non-hydrogen) atoms. The molecule has 6 nitrogen and oxygen atoms in total. The van der Waals surface area contributed by atoms with Crippen molar-refractivity contribution < 1.29 is 14.4 Å². The van der Waals surface area contributed by atoms with Gasteiger partial charge in [-0.05, 0) is 60.7 Å². The third-order valence-corrected chi connectivity index (χ3v) is 5.69. The van der Waals surface area contributed by atoms with Crippen LogP contribution in [0.3, 0.4) is 0 Å². The number of alkyl halides is 1. The van der Waals surface area contributed by atoms with Crippen molar-refractivity contribution in [3.8, 4) is 0 Å². The molecule has 0 unspecified atom stereocenters. The van der Waals surface area contributed by atoms with Crippen molar-refractivity contribution in [3.05, 3.63) is 64.7 Å². The van der Waals surface area contributed by atoms with Gasteiger partial charge in [-0.15, -0.1) is 11.6 Å². The van der Waals surface area contributed by atoms with Crippen LogP contribution in [0.5, 0.6) is 0 Å². The van der Waals surface area contributed by atoms with Gasteiger partial charge >= 0.3 is 6.03 Å². The zero-order chi connectivity index (χ0) is 21.3. The molecule has 1 fully saturated rings. The van der Waals surface area contributed by atoms with Crippen LogP contribution in [0, 0.1) is 6.92 Å². The van der Waals surface area contributed by atoms with Gasteiger partial charge in [0.05, 0.1) is 5.69 Å². The number of anilines is 2. The van der Waals surface area contributed by atoms with Crippen LogP contribution in [0.25, 0.3) is 6.08 Å². The predicted octanol–water partition coefficient (Wildman–Crippen LogP) is 3.65. The molecule has 2 aromatic carbocycles. The Morgan fingerprint density at radius 3 is 2.67 bits per heavy atom. The van der Waals surface area contributed by atoms with Gasteiger partial charge in [0.1, 0.15) is 5.57 Å². The lowest BCUT2D eigenvalue weighted by Crippen LogP contribution is -2.54. The lowest BCUT2D eigenvalue weighted by molar-refractivity contribution is -0.122. The molecular weight excluding hydrogens is 402 g/mol. The number of hydrogen-bond acceptors (Lipinski definition) is 4. The highest BCUT2D eigenvalue weighted by atomic mass is 35.5. The van der Waals surface area contributed by atoms with Gasteiger partial charge in [0.2, 0.25) is 0 Å². The third-order valence-electron chi connectivity index (χ3n) is 5.43. The average molecular weight is 424 g/mol. The molecule has 2 heterocycles. The summed E-state index contributed by atoms with van der Waals surface area (Å²) in [7, 11) is 0. The van der Waals surface area contributed by atoms with Gasteiger partial charge in [-0.25, -0.2) is 9.69 Å². The fraction of sp³-hybridized carbons (Fsp3) is 0.261. The summed E-state index contributed by atoms with van der Waals surface area (Å²) in [4.78, 5) is 41.2. The molecule has 0 aromatic heterocycles. The van der Waals surface area contributed by atoms with Gasteiger partial charge in [-0.1, -0.05) is 24.3 Å². The third kappa shape index (κ3) is 3.71. The lowest BCUT2D eigenvalue weighted by atomic mass is 10.0. The summed E-state index contributed by atoms with van der Waals surface area (Å²) in [5.74, 6) is -0.676. The van der Waals surface area contributed by atoms with E-state index in [0.29, 0.717) is 11.6 Å². The second-order valence-corrected chi connectivity index (χ2v) is 7.79. The standard InChI is InChI=1S/C23H22ClN3O3/c1-15-5-2-3-6-19(15)27-22(29)18(21(28)25-23(27)30)14-16-7-8-20-17(13-16)9-12-26(20)11-4-10-24/h2-3,5-8,13-14H,4,9-12H2,1H3,(H,25,28,30)/b18-14-. The molecule has 0 aliphatic carbocycles. The molecule has 154 valence electrons. The Labute approximate surface area is 180 Å². The second-order valence-electron chi connectivity index (χ2n) is 7.41. The number of rotatable bonds is 5. The smallest absolute Gasteiger partial charge is 0.335 e. The van der Waals surface area contributed by atoms with Gasteiger partial charge in [0.25, 0.3) is 11.8 Å². The van der Waals surface area contributed by atoms with E-state index in [1.807, 2.05) is 37.3 Å². The number of urea groups is 1. The molecule has 1 N–H and O–H groups in total. The topological polar surface area (TPSA) is 69.7 Å². The monoisotopic (exact) mass is 423 g/mol. The van der Waals surface area contributed by atoms with Crippen molar-refractivity contribution in [1.29, 1.82) is 0 Å². The van der Waals surface area contributed by atoms with Gasteiger partial charge in [-0.3, -0.25) is 14.9 Å². The van der Waals surface area contributed by atoms with Crippen LogP contribution >= 0.6 is 11.6 Å². The highest BCUT2D eigenvalue weighted by Crippen LogP contribution is 2.30. The number of imide groups is 2. The number of aryl methyl sites for hydroxylation is 1. The molecule has 0 atom stereocenters. The number of nitrogens with zero attached hydrogens (tertiary/aromatic N) is 2. The van der Waals surface area contributed by atoms with E-state index in [0.717, 1.165) is 42.0 Å². The molecule has 2 aromatic rings. The van der Waals surface area contributed by atoms with E-state index in [-0.39, 0.29) is 5.57 Å². The fourth-order valence-corrected chi connectivity index (χ4v) is 4.04. The molecule has 4 amide bonds. The Balaban J connectivity index is 1.65. The Bertz CT molecular complexity index is 1060. The molecule has 0 spiro atoms. The number of benzene rings is 2. The summed E-state index contributed by atoms with van der Waals surface area (Å²) in [6.07, 6.45) is 3.38. The molecule has 2 aliphatic heterocycles. The molecular formula is C23H22ClN3O3. The molecule has 4 rings (SSSR count). The quantitative estimate of drug-likeness (QED) is 0.452. The van der Waals surface area contributed by atoms with Crippen LogP contribution in [0.1, 0.15) is 23.1 Å². The number of halogens is 1. The zero-order valence-corrected chi connectivity index (χ0v) is 17.4. The molecule has 0 bridgehead atoms. The van der Waals surface area contributed by atoms with Crippen molar-refractivity contribution >= 4 is 46.9 Å². The molecule has 0 radical (unpaired) electrons. The zero-order valence-electron chi connectivity index (χ0n) is 16.7. The van der Waals surface area contributed by atoms with Crippen LogP contribution in [-0.4, -0.2) is 36.8 Å². The lowest BCUT2D eigenvalue weighted by Gasteiger charge is -2.27. The number of para-hydroxylation sites is 1. The highest BCUT2D eigenvalue weighted by Gasteiger charge is 2.37. The van der Waals surface area contributed by atoms with Crippen molar-refractivity contribution in [2.24, 2.45) is 0 Å². The SMILES string of the molecule is Cc1ccccc1N1C(=O)NC(=O)/C(=C/c2ccc3c(c2)CCN3CCCCl)C1=O. The van der Waals surface area contributed by atoms with Crippen molar-refractivity contribution in [1.82, 2.24) is 5.32 Å². The maximum absolute atomic E-state index is 13.1. The maximum atomic E-state index is 13.1. The van der Waals surface area contributed by atoms with Gasteiger partial charge < -0.3 is 4.90 Å². The first kappa shape index (κ1) is 20.2. The van der Waals surface area contributed by atoms with Crippen LogP contribution < -0.4 is 15.1 Å². The summed E-state index contributed by atoms with van der Waals surface area (Å²) in [6.45, 7) is 3.65. The minimum atomic E-state index is -0.736. The Morgan fingerprint density at radius 2 is 1.90 bits per heavy atom. The number of fused-ring (bicyclic) bond motifs is 1. The van der Waals surface area contributed by atoms with E-state index >= 15 is 0 Å². The number of nitrogens with one attached hydrogen (secondary N) is 1. The van der Waals surface area contributed by atoms with E-state index in [2.05, 4.69) is 10.2 Å². The van der Waals surface area contributed by atoms with Crippen LogP contribution in [-0.2, 0) is 16.0 Å². The Kier molecular flexibility index (Phi) is 5.59. The average Bonchev–Trinajstić information content (AvgIpc) is 3.13. The summed E-state index contributed by atoms with van der Waals surface area (Å²) in [6, 6.07) is 12.2. The first-order chi connectivity index (χ1) is 14.5. The number of carbonyl (C=O) groups excluding carboxylic acids is 3. The first-order valence-electron chi connectivity index (χ1n) is 9.90. The van der Waals surface area contributed by atoms with E-state index in [1.165, 1.54) is 11.3 Å². The molecule has 7 heteroatoms. The van der Waals surface area contributed by atoms with Crippen molar-refractivity contribution in [2.45, 2.75) is 19.8 Å². The second kappa shape index (κ2) is 8.32. The van der Waals surface area contributed by atoms with Crippen LogP contribution in [0.15, 0.2) is 48.0 Å². The van der Waals surface area contributed by atoms with Gasteiger partial charge in [-0.2, -0.15) is 0 Å². The Morgan fingerprint density at radius 1 is 1.10 bits per heavy atom. The molecule has 1 saturated heterocycles. The summed E-state index contributed by atoms with van der Waals surface area (Å²) in [5, 5.41) is 2.28. The van der Waals surface area contributed by atoms with Crippen molar-refractivity contribution in [3.63, 3.8) is 0 Å². The van der Waals surface area contributed by atoms with E-state index < -0.39 is 17.8 Å². The fourth-order valence-electron chi connectivity index (χ4n) is 3.92. The van der Waals surface area contributed by atoms with Crippen LogP contribution in [0.2, 0.25) is 0 Å². The van der Waals surface area contributed by atoms with E-state index in [4.69, 9.17) is 11.6 Å².